The van der Waals surface area contributed by atoms with Gasteiger partial charge in [0.15, 0.2) is 0 Å². The third-order valence-corrected chi connectivity index (χ3v) is 4.24. The van der Waals surface area contributed by atoms with Gasteiger partial charge < -0.3 is 10.4 Å². The number of nitrogens with zero attached hydrogens (tertiary/aromatic N) is 1. The molecule has 0 aliphatic rings. The van der Waals surface area contributed by atoms with Crippen LogP contribution in [0.1, 0.15) is 37.0 Å². The van der Waals surface area contributed by atoms with E-state index in [0.717, 1.165) is 6.42 Å². The van der Waals surface area contributed by atoms with Crippen LogP contribution >= 0.6 is 11.3 Å². The molecule has 0 saturated heterocycles. The van der Waals surface area contributed by atoms with Gasteiger partial charge in [-0.15, -0.1) is 11.3 Å². The molecule has 0 bridgehead atoms. The first kappa shape index (κ1) is 15.2. The lowest BCUT2D eigenvalue weighted by Crippen LogP contribution is -2.27. The Kier molecular flexibility index (Phi) is 4.70. The monoisotopic (exact) mass is 304 g/mol. The van der Waals surface area contributed by atoms with Crippen molar-refractivity contribution in [2.24, 2.45) is 0 Å². The number of carboxylic acid groups (broad SMARTS) is 1. The Hall–Kier alpha value is -2.21. The minimum atomic E-state index is -1.04. The van der Waals surface area contributed by atoms with Gasteiger partial charge in [-0.25, -0.2) is 9.78 Å². The zero-order chi connectivity index (χ0) is 15.4. The van der Waals surface area contributed by atoms with Gasteiger partial charge >= 0.3 is 5.97 Å². The molecule has 0 aliphatic heterocycles. The summed E-state index contributed by atoms with van der Waals surface area (Å²) in [5.74, 6) is -1.33. The molecule has 2 aromatic rings. The number of carbonyl (C=O) groups is 2. The minimum Gasteiger partial charge on any atom is -0.478 e. The van der Waals surface area contributed by atoms with E-state index >= 15 is 0 Å². The van der Waals surface area contributed by atoms with Crippen molar-refractivity contribution in [1.29, 1.82) is 0 Å². The Bertz CT molecular complexity index is 679. The fourth-order valence-electron chi connectivity index (χ4n) is 1.95. The predicted octanol–water partition coefficient (Wildman–Crippen LogP) is 2.43. The van der Waals surface area contributed by atoms with Gasteiger partial charge in [0.05, 0.1) is 11.3 Å². The van der Waals surface area contributed by atoms with Crippen LogP contribution in [0.15, 0.2) is 23.6 Å². The van der Waals surface area contributed by atoms with E-state index in [1.165, 1.54) is 22.6 Å². The van der Waals surface area contributed by atoms with Gasteiger partial charge in [0.2, 0.25) is 0 Å². The van der Waals surface area contributed by atoms with Gasteiger partial charge in [0.1, 0.15) is 5.69 Å². The molecule has 0 spiro atoms. The summed E-state index contributed by atoms with van der Waals surface area (Å²) in [5, 5.41) is 13.8. The average molecular weight is 304 g/mol. The van der Waals surface area contributed by atoms with Crippen molar-refractivity contribution in [3.05, 3.63) is 51.0 Å². The van der Waals surface area contributed by atoms with Crippen molar-refractivity contribution in [2.45, 2.75) is 20.3 Å². The second-order valence-corrected chi connectivity index (χ2v) is 5.67. The lowest BCUT2D eigenvalue weighted by molar-refractivity contribution is 0.0694. The Morgan fingerprint density at radius 1 is 1.29 bits per heavy atom. The van der Waals surface area contributed by atoms with Crippen LogP contribution in [0.3, 0.4) is 0 Å². The van der Waals surface area contributed by atoms with E-state index in [1.807, 2.05) is 12.3 Å². The van der Waals surface area contributed by atoms with E-state index in [1.54, 1.807) is 18.3 Å². The second-order valence-electron chi connectivity index (χ2n) is 4.67. The molecule has 0 saturated carbocycles. The summed E-state index contributed by atoms with van der Waals surface area (Å²) >= 11 is 1.67. The Morgan fingerprint density at radius 2 is 2.05 bits per heavy atom. The molecule has 21 heavy (non-hydrogen) atoms. The van der Waals surface area contributed by atoms with Crippen molar-refractivity contribution >= 4 is 23.2 Å². The lowest BCUT2D eigenvalue weighted by atomic mass is 10.2. The highest BCUT2D eigenvalue weighted by Crippen LogP contribution is 2.15. The van der Waals surface area contributed by atoms with Crippen molar-refractivity contribution in [3.8, 4) is 0 Å². The molecular formula is C15H16N2O3S. The Morgan fingerprint density at radius 3 is 2.62 bits per heavy atom. The number of thiophene rings is 1. The average Bonchev–Trinajstić information content (AvgIpc) is 2.83. The van der Waals surface area contributed by atoms with Crippen LogP contribution in [-0.4, -0.2) is 28.5 Å². The molecule has 0 aromatic carbocycles. The van der Waals surface area contributed by atoms with Crippen LogP contribution in [-0.2, 0) is 6.42 Å². The minimum absolute atomic E-state index is 0.112. The molecule has 0 atom stereocenters. The van der Waals surface area contributed by atoms with E-state index < -0.39 is 5.97 Å². The molecule has 5 nitrogen and oxygen atoms in total. The molecule has 2 aromatic heterocycles. The van der Waals surface area contributed by atoms with Gasteiger partial charge in [-0.1, -0.05) is 0 Å². The smallest absolute Gasteiger partial charge is 0.337 e. The maximum atomic E-state index is 12.0. The van der Waals surface area contributed by atoms with E-state index in [-0.39, 0.29) is 17.2 Å². The topological polar surface area (TPSA) is 79.3 Å². The number of carbonyl (C=O) groups excluding carboxylic acids is 1. The first-order valence-corrected chi connectivity index (χ1v) is 7.39. The Labute approximate surface area is 126 Å². The van der Waals surface area contributed by atoms with Crippen molar-refractivity contribution in [2.75, 3.05) is 6.54 Å². The number of rotatable bonds is 5. The third kappa shape index (κ3) is 3.66. The zero-order valence-electron chi connectivity index (χ0n) is 11.8. The van der Waals surface area contributed by atoms with Crippen LogP contribution in [0.4, 0.5) is 0 Å². The van der Waals surface area contributed by atoms with E-state index in [4.69, 9.17) is 5.11 Å². The lowest BCUT2D eigenvalue weighted by Gasteiger charge is -2.06. The quantitative estimate of drug-likeness (QED) is 0.889. The molecule has 0 fully saturated rings. The SMILES string of the molecule is Cc1ccsc1CCNC(=O)c1ccc(C(=O)O)c(C)n1. The maximum Gasteiger partial charge on any atom is 0.337 e. The normalized spacial score (nSPS) is 10.4. The summed E-state index contributed by atoms with van der Waals surface area (Å²) in [6.07, 6.45) is 0.779. The molecule has 110 valence electrons. The van der Waals surface area contributed by atoms with Gasteiger partial charge in [-0.3, -0.25) is 4.79 Å². The number of nitrogens with one attached hydrogen (secondary N) is 1. The van der Waals surface area contributed by atoms with E-state index in [0.29, 0.717) is 12.2 Å². The summed E-state index contributed by atoms with van der Waals surface area (Å²) in [6.45, 7) is 4.15. The standard InChI is InChI=1S/C15H16N2O3S/c1-9-6-8-21-13(9)5-7-16-14(18)12-4-3-11(15(19)20)10(2)17-12/h3-4,6,8H,5,7H2,1-2H3,(H,16,18)(H,19,20). The highest BCUT2D eigenvalue weighted by atomic mass is 32.1. The van der Waals surface area contributed by atoms with Crippen molar-refractivity contribution in [3.63, 3.8) is 0 Å². The number of amides is 1. The largest absolute Gasteiger partial charge is 0.478 e. The predicted molar refractivity (Wildman–Crippen MR) is 81.0 cm³/mol. The summed E-state index contributed by atoms with van der Waals surface area (Å²) in [6, 6.07) is 4.89. The van der Waals surface area contributed by atoms with E-state index in [2.05, 4.69) is 16.4 Å². The van der Waals surface area contributed by atoms with Gasteiger partial charge in [0.25, 0.3) is 5.91 Å². The summed E-state index contributed by atoms with van der Waals surface area (Å²) < 4.78 is 0. The summed E-state index contributed by atoms with van der Waals surface area (Å²) in [4.78, 5) is 28.2. The van der Waals surface area contributed by atoms with Crippen LogP contribution in [0, 0.1) is 13.8 Å². The molecule has 1 amide bonds. The van der Waals surface area contributed by atoms with Crippen LogP contribution < -0.4 is 5.32 Å². The number of hydrogen-bond acceptors (Lipinski definition) is 4. The molecule has 2 rings (SSSR count). The molecule has 0 aliphatic carbocycles. The molecule has 0 radical (unpaired) electrons. The fourth-order valence-corrected chi connectivity index (χ4v) is 2.86. The number of aryl methyl sites for hydroxylation is 2. The second kappa shape index (κ2) is 6.49. The molecular weight excluding hydrogens is 288 g/mol. The van der Waals surface area contributed by atoms with Gasteiger partial charge in [-0.2, -0.15) is 0 Å². The molecule has 0 unspecified atom stereocenters. The third-order valence-electron chi connectivity index (χ3n) is 3.15. The highest BCUT2D eigenvalue weighted by molar-refractivity contribution is 7.10. The van der Waals surface area contributed by atoms with Gasteiger partial charge in [0, 0.05) is 11.4 Å². The Balaban J connectivity index is 1.96. The summed E-state index contributed by atoms with van der Waals surface area (Å²) in [5.41, 5.74) is 1.92. The number of pyridine rings is 1. The number of aromatic carboxylic acids is 1. The fraction of sp³-hybridized carbons (Fsp3) is 0.267. The van der Waals surface area contributed by atoms with Crippen molar-refractivity contribution in [1.82, 2.24) is 10.3 Å². The van der Waals surface area contributed by atoms with Crippen LogP contribution in [0.2, 0.25) is 0 Å². The van der Waals surface area contributed by atoms with Crippen molar-refractivity contribution < 1.29 is 14.7 Å². The van der Waals surface area contributed by atoms with Gasteiger partial charge in [-0.05, 0) is 49.4 Å². The maximum absolute atomic E-state index is 12.0. The number of hydrogen-bond donors (Lipinski definition) is 2. The molecule has 6 heteroatoms. The first-order chi connectivity index (χ1) is 9.99. The zero-order valence-corrected chi connectivity index (χ0v) is 12.7. The highest BCUT2D eigenvalue weighted by Gasteiger charge is 2.12. The first-order valence-electron chi connectivity index (χ1n) is 6.51. The molecule has 2 heterocycles. The number of aromatic nitrogens is 1. The number of carboxylic acids is 1. The van der Waals surface area contributed by atoms with Crippen LogP contribution in [0.5, 0.6) is 0 Å². The molecule has 2 N–H and O–H groups in total. The van der Waals surface area contributed by atoms with E-state index in [9.17, 15) is 9.59 Å². The van der Waals surface area contributed by atoms with Crippen LogP contribution in [0.25, 0.3) is 0 Å². The summed E-state index contributed by atoms with van der Waals surface area (Å²) in [7, 11) is 0.